The van der Waals surface area contributed by atoms with Gasteiger partial charge in [0.25, 0.3) is 0 Å². The number of carbonyl (C=O) groups is 2. The fraction of sp³-hybridized carbons (Fsp3) is 0.529. The van der Waals surface area contributed by atoms with E-state index in [9.17, 15) is 23.3 Å². The van der Waals surface area contributed by atoms with Crippen LogP contribution in [0.2, 0.25) is 0 Å². The number of benzene rings is 1. The summed E-state index contributed by atoms with van der Waals surface area (Å²) in [5.41, 5.74) is -0.527. The van der Waals surface area contributed by atoms with Crippen LogP contribution in [0.3, 0.4) is 0 Å². The molecule has 7 nitrogen and oxygen atoms in total. The van der Waals surface area contributed by atoms with Gasteiger partial charge in [0.1, 0.15) is 17.5 Å². The molecule has 0 radical (unpaired) electrons. The van der Waals surface area contributed by atoms with Crippen molar-refractivity contribution >= 4 is 22.0 Å². The van der Waals surface area contributed by atoms with Gasteiger partial charge in [0.05, 0.1) is 4.90 Å². The van der Waals surface area contributed by atoms with Crippen LogP contribution in [0.25, 0.3) is 0 Å². The summed E-state index contributed by atoms with van der Waals surface area (Å²) < 4.78 is 37.7. The van der Waals surface area contributed by atoms with Gasteiger partial charge in [-0.1, -0.05) is 6.07 Å². The predicted molar refractivity (Wildman–Crippen MR) is 93.6 cm³/mol. The molecule has 0 aromatic heterocycles. The average molecular weight is 386 g/mol. The van der Waals surface area contributed by atoms with E-state index in [1.165, 1.54) is 12.1 Å². The minimum absolute atomic E-state index is 0.0559. The molecule has 1 N–H and O–H groups in total. The Morgan fingerprint density at radius 1 is 1.38 bits per heavy atom. The maximum atomic E-state index is 14.0. The third kappa shape index (κ3) is 4.39. The molecule has 0 bridgehead atoms. The molecule has 0 unspecified atom stereocenters. The summed E-state index contributed by atoms with van der Waals surface area (Å²) in [6.07, 6.45) is -0.337. The molecule has 26 heavy (non-hydrogen) atoms. The van der Waals surface area contributed by atoms with Crippen LogP contribution < -0.4 is 0 Å². The van der Waals surface area contributed by atoms with E-state index < -0.39 is 39.4 Å². The molecule has 1 aromatic carbocycles. The van der Waals surface area contributed by atoms with Crippen molar-refractivity contribution in [1.29, 1.82) is 0 Å². The number of hydrogen-bond acceptors (Lipinski definition) is 4. The molecule has 2 atom stereocenters. The lowest BCUT2D eigenvalue weighted by Crippen LogP contribution is -2.40. The van der Waals surface area contributed by atoms with E-state index in [1.807, 2.05) is 0 Å². The normalized spacial score (nSPS) is 20.4. The van der Waals surface area contributed by atoms with Gasteiger partial charge in [-0.2, -0.15) is 4.31 Å². The quantitative estimate of drug-likeness (QED) is 0.859. The smallest absolute Gasteiger partial charge is 0.443 e. The van der Waals surface area contributed by atoms with Crippen molar-refractivity contribution in [2.24, 2.45) is 4.36 Å². The van der Waals surface area contributed by atoms with Crippen LogP contribution in [-0.4, -0.2) is 43.9 Å². The summed E-state index contributed by atoms with van der Waals surface area (Å²) in [4.78, 5) is 23.7. The zero-order valence-electron chi connectivity index (χ0n) is 15.2. The van der Waals surface area contributed by atoms with E-state index in [0.717, 1.165) is 10.4 Å². The number of halogens is 1. The molecule has 0 spiro atoms. The van der Waals surface area contributed by atoms with Gasteiger partial charge in [-0.25, -0.2) is 13.4 Å². The highest BCUT2D eigenvalue weighted by Crippen LogP contribution is 2.29. The predicted octanol–water partition coefficient (Wildman–Crippen LogP) is 3.36. The van der Waals surface area contributed by atoms with Gasteiger partial charge in [-0.05, 0) is 58.2 Å². The van der Waals surface area contributed by atoms with Crippen LogP contribution >= 0.6 is 0 Å². The minimum atomic E-state index is -3.69. The van der Waals surface area contributed by atoms with Gasteiger partial charge in [0.15, 0.2) is 9.92 Å². The number of rotatable bonds is 3. The second-order valence-corrected chi connectivity index (χ2v) is 9.23. The summed E-state index contributed by atoms with van der Waals surface area (Å²) >= 11 is 0. The Hall–Kier alpha value is -2.00. The third-order valence-corrected chi connectivity index (χ3v) is 6.19. The zero-order chi connectivity index (χ0) is 19.7. The molecule has 9 heteroatoms. The average Bonchev–Trinajstić information content (AvgIpc) is 2.98. The largest absolute Gasteiger partial charge is 0.480 e. The molecular weight excluding hydrogens is 363 g/mol. The first kappa shape index (κ1) is 20.3. The lowest BCUT2D eigenvalue weighted by atomic mass is 10.2. The number of aryl methyl sites for hydroxylation is 1. The maximum absolute atomic E-state index is 14.0. The van der Waals surface area contributed by atoms with Crippen molar-refractivity contribution in [3.8, 4) is 0 Å². The first-order chi connectivity index (χ1) is 11.9. The molecule has 2 rings (SSSR count). The summed E-state index contributed by atoms with van der Waals surface area (Å²) in [6, 6.07) is 2.77. The molecule has 144 valence electrons. The Morgan fingerprint density at radius 2 is 2.04 bits per heavy atom. The van der Waals surface area contributed by atoms with Crippen LogP contribution in [0, 0.1) is 12.7 Å². The fourth-order valence-corrected chi connectivity index (χ4v) is 4.78. The Morgan fingerprint density at radius 3 is 2.58 bits per heavy atom. The second kappa shape index (κ2) is 7.32. The van der Waals surface area contributed by atoms with Crippen LogP contribution in [-0.2, 0) is 19.4 Å². The summed E-state index contributed by atoms with van der Waals surface area (Å²) in [5, 5.41) is 9.41. The van der Waals surface area contributed by atoms with Crippen LogP contribution in [0.15, 0.2) is 27.5 Å². The molecule has 0 saturated carbocycles. The number of aliphatic carboxylic acids is 1. The highest BCUT2D eigenvalue weighted by atomic mass is 32.2. The van der Waals surface area contributed by atoms with Crippen molar-refractivity contribution in [3.05, 3.63) is 29.6 Å². The lowest BCUT2D eigenvalue weighted by molar-refractivity contribution is -0.140. The SMILES string of the molecule is Cc1ccc([S@@](=O)(=NC(=O)OC(C)(C)C)N2CCC[C@H]2C(=O)O)cc1F. The van der Waals surface area contributed by atoms with E-state index in [1.54, 1.807) is 27.7 Å². The number of carbonyl (C=O) groups excluding carboxylic acids is 1. The Bertz CT molecular complexity index is 840. The number of amides is 1. The Balaban J connectivity index is 2.61. The monoisotopic (exact) mass is 386 g/mol. The molecular formula is C17H23FN2O5S. The highest BCUT2D eigenvalue weighted by Gasteiger charge is 2.39. The lowest BCUT2D eigenvalue weighted by Gasteiger charge is -2.26. The first-order valence-electron chi connectivity index (χ1n) is 8.20. The number of hydrogen-bond donors (Lipinski definition) is 1. The van der Waals surface area contributed by atoms with Gasteiger partial charge in [-0.15, -0.1) is 4.36 Å². The minimum Gasteiger partial charge on any atom is -0.480 e. The molecule has 0 aliphatic carbocycles. The zero-order valence-corrected chi connectivity index (χ0v) is 16.0. The van der Waals surface area contributed by atoms with E-state index in [-0.39, 0.29) is 17.9 Å². The molecule has 1 aliphatic rings. The molecule has 1 heterocycles. The summed E-state index contributed by atoms with van der Waals surface area (Å²) in [6.45, 7) is 6.59. The summed E-state index contributed by atoms with van der Waals surface area (Å²) in [7, 11) is -3.69. The molecule has 1 fully saturated rings. The van der Waals surface area contributed by atoms with Gasteiger partial charge in [-0.3, -0.25) is 4.79 Å². The van der Waals surface area contributed by atoms with Crippen molar-refractivity contribution in [3.63, 3.8) is 0 Å². The van der Waals surface area contributed by atoms with Gasteiger partial charge in [0.2, 0.25) is 0 Å². The second-order valence-electron chi connectivity index (χ2n) is 7.12. The Kier molecular flexibility index (Phi) is 5.72. The number of nitrogens with zero attached hydrogens (tertiary/aromatic N) is 2. The molecule has 1 aliphatic heterocycles. The highest BCUT2D eigenvalue weighted by molar-refractivity contribution is 7.91. The maximum Gasteiger partial charge on any atom is 0.443 e. The van der Waals surface area contributed by atoms with Crippen molar-refractivity contribution in [2.45, 2.75) is 57.1 Å². The topological polar surface area (TPSA) is 96.3 Å². The van der Waals surface area contributed by atoms with Gasteiger partial charge in [0, 0.05) is 6.54 Å². The van der Waals surface area contributed by atoms with Crippen molar-refractivity contribution in [1.82, 2.24) is 4.31 Å². The van der Waals surface area contributed by atoms with E-state index >= 15 is 0 Å². The van der Waals surface area contributed by atoms with E-state index in [0.29, 0.717) is 12.0 Å². The van der Waals surface area contributed by atoms with Crippen LogP contribution in [0.4, 0.5) is 9.18 Å². The van der Waals surface area contributed by atoms with Gasteiger partial charge >= 0.3 is 12.1 Å². The molecule has 1 amide bonds. The number of carboxylic acids is 1. The van der Waals surface area contributed by atoms with Crippen molar-refractivity contribution < 1.29 is 28.0 Å². The third-order valence-electron chi connectivity index (χ3n) is 3.85. The molecule has 1 aromatic rings. The first-order valence-corrected chi connectivity index (χ1v) is 9.67. The van der Waals surface area contributed by atoms with Crippen LogP contribution in [0.5, 0.6) is 0 Å². The number of carboxylic acid groups (broad SMARTS) is 1. The van der Waals surface area contributed by atoms with Gasteiger partial charge < -0.3 is 9.84 Å². The number of ether oxygens (including phenoxy) is 1. The van der Waals surface area contributed by atoms with Crippen molar-refractivity contribution in [2.75, 3.05) is 6.54 Å². The van der Waals surface area contributed by atoms with Crippen LogP contribution in [0.1, 0.15) is 39.2 Å². The fourth-order valence-electron chi connectivity index (χ4n) is 2.64. The van der Waals surface area contributed by atoms with E-state index in [4.69, 9.17) is 4.74 Å². The van der Waals surface area contributed by atoms with E-state index in [2.05, 4.69) is 4.36 Å². The molecule has 1 saturated heterocycles. The summed E-state index contributed by atoms with van der Waals surface area (Å²) in [5.74, 6) is -1.78. The Labute approximate surface area is 152 Å². The standard InChI is InChI=1S/C17H23FN2O5S/c1-11-7-8-12(10-13(11)18)26(24,19-16(23)25-17(2,3)4)20-9-5-6-14(20)15(21)22/h7-8,10,14H,5-6,9H2,1-4H3,(H,21,22)/t14-,26+/m0/s1.